The number of aromatic amines is 1. The van der Waals surface area contributed by atoms with E-state index in [1.807, 2.05) is 24.3 Å². The Hall–Kier alpha value is -2.39. The van der Waals surface area contributed by atoms with E-state index in [0.717, 1.165) is 16.1 Å². The zero-order chi connectivity index (χ0) is 16.4. The molecule has 0 saturated heterocycles. The monoisotopic (exact) mass is 392 g/mol. The van der Waals surface area contributed by atoms with Gasteiger partial charge in [-0.05, 0) is 24.4 Å². The Labute approximate surface area is 143 Å². The highest BCUT2D eigenvalue weighted by Gasteiger charge is 2.19. The van der Waals surface area contributed by atoms with E-state index in [0.29, 0.717) is 5.82 Å². The fourth-order valence-electron chi connectivity index (χ4n) is 1.85. The fraction of sp³-hybridized carbons (Fsp3) is 0.0714. The van der Waals surface area contributed by atoms with Crippen molar-refractivity contribution in [1.82, 2.24) is 14.9 Å². The molecule has 1 N–H and O–H groups in total. The van der Waals surface area contributed by atoms with Gasteiger partial charge in [0.05, 0.1) is 6.21 Å². The van der Waals surface area contributed by atoms with Crippen LogP contribution in [0.1, 0.15) is 0 Å². The van der Waals surface area contributed by atoms with Crippen molar-refractivity contribution in [1.29, 1.82) is 0 Å². The predicted molar refractivity (Wildman–Crippen MR) is 88.5 cm³/mol. The van der Waals surface area contributed by atoms with Crippen LogP contribution in [0.5, 0.6) is 0 Å². The van der Waals surface area contributed by atoms with Crippen LogP contribution in [0.25, 0.3) is 11.4 Å². The molecule has 0 aliphatic carbocycles. The Balaban J connectivity index is 1.93. The minimum Gasteiger partial charge on any atom is -0.483 e. The van der Waals surface area contributed by atoms with Crippen molar-refractivity contribution < 1.29 is 14.3 Å². The van der Waals surface area contributed by atoms with E-state index in [1.165, 1.54) is 10.9 Å². The molecular formula is C14H9BrN4O3S. The Morgan fingerprint density at radius 2 is 2.09 bits per heavy atom. The second-order valence-electron chi connectivity index (χ2n) is 4.54. The van der Waals surface area contributed by atoms with E-state index in [-0.39, 0.29) is 17.1 Å². The molecule has 0 radical (unpaired) electrons. The maximum absolute atomic E-state index is 11.3. The van der Waals surface area contributed by atoms with Crippen LogP contribution in [0, 0.1) is 4.77 Å². The van der Waals surface area contributed by atoms with Gasteiger partial charge in [-0.1, -0.05) is 28.1 Å². The molecule has 23 heavy (non-hydrogen) atoms. The molecule has 0 spiro atoms. The molecule has 7 nitrogen and oxygen atoms in total. The summed E-state index contributed by atoms with van der Waals surface area (Å²) in [5.41, 5.74) is 0.808. The summed E-state index contributed by atoms with van der Waals surface area (Å²) in [6.07, 6.45) is 2.41. The number of nitrogens with zero attached hydrogens (tertiary/aromatic N) is 3. The molecule has 1 aliphatic rings. The van der Waals surface area contributed by atoms with Crippen molar-refractivity contribution in [3.05, 3.63) is 45.3 Å². The Kier molecular flexibility index (Phi) is 4.30. The number of Topliss-reactive ketones (excluding diaryl/α,β-unsaturated/α-hetero) is 1. The van der Waals surface area contributed by atoms with E-state index in [1.54, 1.807) is 0 Å². The maximum atomic E-state index is 11.3. The van der Waals surface area contributed by atoms with E-state index < -0.39 is 11.6 Å². The van der Waals surface area contributed by atoms with Gasteiger partial charge in [0.2, 0.25) is 16.3 Å². The molecule has 9 heteroatoms. The first-order valence-electron chi connectivity index (χ1n) is 6.44. The summed E-state index contributed by atoms with van der Waals surface area (Å²) in [6, 6.07) is 7.47. The van der Waals surface area contributed by atoms with Crippen LogP contribution < -0.4 is 0 Å². The highest BCUT2D eigenvalue weighted by Crippen LogP contribution is 2.20. The van der Waals surface area contributed by atoms with Gasteiger partial charge in [0.1, 0.15) is 5.76 Å². The Bertz CT molecular complexity index is 895. The molecular weight excluding hydrogens is 384 g/mol. The van der Waals surface area contributed by atoms with E-state index in [2.05, 4.69) is 31.2 Å². The highest BCUT2D eigenvalue weighted by molar-refractivity contribution is 9.10. The van der Waals surface area contributed by atoms with E-state index in [9.17, 15) is 9.59 Å². The number of carbonyl (C=O) groups is 2. The SMILES string of the molecule is O=C1C=C(/C=N/n2c(-c3ccc(Br)cc3)n[nH]c2=S)OCC1=O. The number of hydrogen-bond donors (Lipinski definition) is 1. The number of allylic oxidation sites excluding steroid dienone is 2. The molecule has 0 amide bonds. The van der Waals surface area contributed by atoms with Crippen molar-refractivity contribution >= 4 is 45.9 Å². The van der Waals surface area contributed by atoms with Gasteiger partial charge in [-0.3, -0.25) is 9.59 Å². The number of rotatable bonds is 3. The van der Waals surface area contributed by atoms with Gasteiger partial charge in [0.25, 0.3) is 0 Å². The second kappa shape index (κ2) is 6.39. The third-order valence-corrected chi connectivity index (χ3v) is 3.76. The maximum Gasteiger partial charge on any atom is 0.240 e. The molecule has 0 unspecified atom stereocenters. The van der Waals surface area contributed by atoms with Crippen molar-refractivity contribution in [3.8, 4) is 11.4 Å². The molecule has 0 bridgehead atoms. The smallest absolute Gasteiger partial charge is 0.240 e. The van der Waals surface area contributed by atoms with E-state index in [4.69, 9.17) is 17.0 Å². The van der Waals surface area contributed by atoms with Crippen molar-refractivity contribution in [2.24, 2.45) is 5.10 Å². The van der Waals surface area contributed by atoms with Crippen molar-refractivity contribution in [2.45, 2.75) is 0 Å². The molecule has 1 aromatic heterocycles. The summed E-state index contributed by atoms with van der Waals surface area (Å²) in [5.74, 6) is -0.490. The zero-order valence-corrected chi connectivity index (χ0v) is 13.9. The predicted octanol–water partition coefficient (Wildman–Crippen LogP) is 2.26. The molecule has 1 aliphatic heterocycles. The molecule has 0 atom stereocenters. The molecule has 2 aromatic rings. The molecule has 0 fully saturated rings. The quantitative estimate of drug-likeness (QED) is 0.491. The topological polar surface area (TPSA) is 89.3 Å². The third-order valence-electron chi connectivity index (χ3n) is 2.97. The summed E-state index contributed by atoms with van der Waals surface area (Å²) >= 11 is 8.51. The Morgan fingerprint density at radius 1 is 1.35 bits per heavy atom. The lowest BCUT2D eigenvalue weighted by Gasteiger charge is -2.09. The number of ketones is 2. The minimum absolute atomic E-state index is 0.194. The van der Waals surface area contributed by atoms with Crippen LogP contribution in [0.4, 0.5) is 0 Å². The Morgan fingerprint density at radius 3 is 2.78 bits per heavy atom. The number of hydrogen-bond acceptors (Lipinski definition) is 6. The average Bonchev–Trinajstić information content (AvgIpc) is 2.90. The van der Waals surface area contributed by atoms with Crippen molar-refractivity contribution in [3.63, 3.8) is 0 Å². The average molecular weight is 393 g/mol. The molecule has 116 valence electrons. The lowest BCUT2D eigenvalue weighted by atomic mass is 10.2. The van der Waals surface area contributed by atoms with Crippen LogP contribution in [0.3, 0.4) is 0 Å². The van der Waals surface area contributed by atoms with Gasteiger partial charge in [0, 0.05) is 16.1 Å². The van der Waals surface area contributed by atoms with Gasteiger partial charge >= 0.3 is 0 Å². The first kappa shape index (κ1) is 15.5. The number of carbonyl (C=O) groups excluding carboxylic acids is 2. The number of halogens is 1. The highest BCUT2D eigenvalue weighted by atomic mass is 79.9. The van der Waals surface area contributed by atoms with E-state index >= 15 is 0 Å². The van der Waals surface area contributed by atoms with Gasteiger partial charge < -0.3 is 4.74 Å². The molecule has 1 aromatic carbocycles. The molecule has 3 rings (SSSR count). The van der Waals surface area contributed by atoms with Gasteiger partial charge in [-0.25, -0.2) is 5.10 Å². The first-order chi connectivity index (χ1) is 11.0. The summed E-state index contributed by atoms with van der Waals surface area (Å²) in [7, 11) is 0. The minimum atomic E-state index is -0.610. The largest absolute Gasteiger partial charge is 0.483 e. The summed E-state index contributed by atoms with van der Waals surface area (Å²) in [4.78, 5) is 22.4. The zero-order valence-electron chi connectivity index (χ0n) is 11.5. The fourth-order valence-corrected chi connectivity index (χ4v) is 2.29. The number of ether oxygens (including phenoxy) is 1. The lowest BCUT2D eigenvalue weighted by molar-refractivity contribution is -0.137. The summed E-state index contributed by atoms with van der Waals surface area (Å²) in [5, 5.41) is 11.0. The third kappa shape index (κ3) is 3.35. The first-order valence-corrected chi connectivity index (χ1v) is 7.64. The van der Waals surface area contributed by atoms with Crippen molar-refractivity contribution in [2.75, 3.05) is 6.61 Å². The van der Waals surface area contributed by atoms with Crippen LogP contribution in [-0.2, 0) is 14.3 Å². The van der Waals surface area contributed by atoms with Crippen LogP contribution >= 0.6 is 28.1 Å². The molecule has 2 heterocycles. The number of aromatic nitrogens is 3. The van der Waals surface area contributed by atoms with Gasteiger partial charge in [-0.2, -0.15) is 14.9 Å². The summed E-state index contributed by atoms with van der Waals surface area (Å²) < 4.78 is 7.75. The van der Waals surface area contributed by atoms with Gasteiger partial charge in [0.15, 0.2) is 12.4 Å². The van der Waals surface area contributed by atoms with Crippen LogP contribution in [0.2, 0.25) is 0 Å². The van der Waals surface area contributed by atoms with Gasteiger partial charge in [-0.15, -0.1) is 0 Å². The van der Waals surface area contributed by atoms with Crippen LogP contribution in [0.15, 0.2) is 45.7 Å². The number of nitrogens with one attached hydrogen (secondary N) is 1. The standard InChI is InChI=1S/C14H9BrN4O3S/c15-9-3-1-8(2-4-9)13-17-18-14(23)19(13)16-6-10-5-11(20)12(21)7-22-10/h1-6H,7H2,(H,18,23)/b16-6+. The lowest BCUT2D eigenvalue weighted by Crippen LogP contribution is -2.23. The normalized spacial score (nSPS) is 14.9. The van der Waals surface area contributed by atoms with Crippen LogP contribution in [-0.4, -0.2) is 39.3 Å². The number of H-pyrrole nitrogens is 1. The second-order valence-corrected chi connectivity index (χ2v) is 5.84. The summed E-state index contributed by atoms with van der Waals surface area (Å²) in [6.45, 7) is -0.285. The molecule has 0 saturated carbocycles. The number of benzene rings is 1.